The van der Waals surface area contributed by atoms with Crippen LogP contribution in [0.15, 0.2) is 47.5 Å². The van der Waals surface area contributed by atoms with Gasteiger partial charge in [0.2, 0.25) is 6.41 Å². The van der Waals surface area contributed by atoms with Crippen molar-refractivity contribution < 1.29 is 9.18 Å². The van der Waals surface area contributed by atoms with Gasteiger partial charge in [0.25, 0.3) is 0 Å². The molecule has 3 aromatic rings. The lowest BCUT2D eigenvalue weighted by Crippen LogP contribution is -2.53. The molecule has 2 saturated heterocycles. The highest BCUT2D eigenvalue weighted by Gasteiger charge is 2.35. The summed E-state index contributed by atoms with van der Waals surface area (Å²) in [7, 11) is 4.07. The van der Waals surface area contributed by atoms with Gasteiger partial charge in [0.15, 0.2) is 5.82 Å². The Labute approximate surface area is 228 Å². The van der Waals surface area contributed by atoms with E-state index in [2.05, 4.69) is 26.5 Å². The highest BCUT2D eigenvalue weighted by molar-refractivity contribution is 6.34. The summed E-state index contributed by atoms with van der Waals surface area (Å²) in [6.45, 7) is 5.05. The molecule has 2 heterocycles. The van der Waals surface area contributed by atoms with Gasteiger partial charge in [0, 0.05) is 42.8 Å². The molecular weight excluding hydrogens is 501 g/mol. The number of carbonyl (C=O) groups excluding carboxylic acids is 1. The van der Waals surface area contributed by atoms with E-state index in [1.54, 1.807) is 6.07 Å². The molecule has 200 valence electrons. The normalized spacial score (nSPS) is 19.4. The number of aryl methyl sites for hydroxylation is 1. The third-order valence-corrected chi connectivity index (χ3v) is 7.78. The molecule has 2 N–H and O–H groups in total. The zero-order chi connectivity index (χ0) is 26.8. The van der Waals surface area contributed by atoms with Gasteiger partial charge in [-0.3, -0.25) is 9.79 Å². The Morgan fingerprint density at radius 1 is 1.21 bits per heavy atom. The molecule has 0 aromatic heterocycles. The van der Waals surface area contributed by atoms with E-state index < -0.39 is 5.82 Å². The standard InChI is InChI=1S/C30H35ClFN5O/c1-19-13-20-7-4-5-8-23(20)24(14-19)27-26(31)15-25(29(28(27)32)34-18-38)30(33-11-6-12-36(2)3)37-16-21-9-10-22(17-37)35-21/h4-5,7-8,13-15,18,21-22,35H,6,9-12,16-17H2,1-3H3,(H,34,38). The summed E-state index contributed by atoms with van der Waals surface area (Å²) >= 11 is 6.90. The van der Waals surface area contributed by atoms with Gasteiger partial charge in [0.05, 0.1) is 10.7 Å². The minimum absolute atomic E-state index is 0.113. The van der Waals surface area contributed by atoms with Crippen LogP contribution >= 0.6 is 11.6 Å². The second kappa shape index (κ2) is 11.4. The number of hydrogen-bond donors (Lipinski definition) is 2. The molecule has 0 spiro atoms. The van der Waals surface area contributed by atoms with Crippen LogP contribution in [-0.4, -0.2) is 74.4 Å². The minimum Gasteiger partial charge on any atom is -0.353 e. The lowest BCUT2D eigenvalue weighted by Gasteiger charge is -2.36. The molecule has 0 aliphatic carbocycles. The Kier molecular flexibility index (Phi) is 7.98. The SMILES string of the molecule is Cc1cc(-c2c(Cl)cc(C(=NCCCN(C)C)N3CC4CCC(C3)N4)c(NC=O)c2F)c2ccccc2c1. The van der Waals surface area contributed by atoms with Crippen molar-refractivity contribution in [2.45, 2.75) is 38.3 Å². The first-order valence-electron chi connectivity index (χ1n) is 13.3. The van der Waals surface area contributed by atoms with Gasteiger partial charge in [-0.05, 0) is 74.8 Å². The molecule has 1 amide bonds. The zero-order valence-electron chi connectivity index (χ0n) is 22.2. The Balaban J connectivity index is 1.65. The summed E-state index contributed by atoms with van der Waals surface area (Å²) in [5.74, 6) is 0.141. The van der Waals surface area contributed by atoms with E-state index in [-0.39, 0.29) is 11.3 Å². The summed E-state index contributed by atoms with van der Waals surface area (Å²) in [4.78, 5) is 21.1. The molecule has 2 atom stereocenters. The third-order valence-electron chi connectivity index (χ3n) is 7.48. The predicted octanol–water partition coefficient (Wildman–Crippen LogP) is 5.31. The van der Waals surface area contributed by atoms with Crippen molar-refractivity contribution in [3.63, 3.8) is 0 Å². The van der Waals surface area contributed by atoms with Gasteiger partial charge in [-0.1, -0.05) is 48.0 Å². The highest BCUT2D eigenvalue weighted by atomic mass is 35.5. The molecule has 3 aromatic carbocycles. The first kappa shape index (κ1) is 26.6. The number of anilines is 1. The summed E-state index contributed by atoms with van der Waals surface area (Å²) in [5.41, 5.74) is 2.62. The number of rotatable bonds is 8. The number of halogens is 2. The second-order valence-corrected chi connectivity index (χ2v) is 11.1. The largest absolute Gasteiger partial charge is 0.353 e. The van der Waals surface area contributed by atoms with Gasteiger partial charge in [0.1, 0.15) is 5.84 Å². The summed E-state index contributed by atoms with van der Waals surface area (Å²) < 4.78 is 16.5. The summed E-state index contributed by atoms with van der Waals surface area (Å²) in [6.07, 6.45) is 3.63. The van der Waals surface area contributed by atoms with E-state index in [9.17, 15) is 4.79 Å². The average molecular weight is 536 g/mol. The van der Waals surface area contributed by atoms with Crippen LogP contribution in [0.1, 0.15) is 30.4 Å². The van der Waals surface area contributed by atoms with Crippen LogP contribution in [0.5, 0.6) is 0 Å². The van der Waals surface area contributed by atoms with Crippen molar-refractivity contribution in [1.29, 1.82) is 0 Å². The quantitative estimate of drug-likeness (QED) is 0.178. The van der Waals surface area contributed by atoms with Gasteiger partial charge >= 0.3 is 0 Å². The lowest BCUT2D eigenvalue weighted by molar-refractivity contribution is -0.105. The maximum Gasteiger partial charge on any atom is 0.211 e. The third kappa shape index (κ3) is 5.41. The molecule has 2 aliphatic heterocycles. The smallest absolute Gasteiger partial charge is 0.211 e. The topological polar surface area (TPSA) is 60.0 Å². The monoisotopic (exact) mass is 535 g/mol. The zero-order valence-corrected chi connectivity index (χ0v) is 23.0. The molecule has 2 aliphatic rings. The van der Waals surface area contributed by atoms with Gasteiger partial charge in [-0.15, -0.1) is 0 Å². The van der Waals surface area contributed by atoms with Crippen LogP contribution in [0, 0.1) is 12.7 Å². The molecule has 6 nitrogen and oxygen atoms in total. The number of amides is 1. The van der Waals surface area contributed by atoms with Gasteiger partial charge in [-0.25, -0.2) is 4.39 Å². The molecule has 8 heteroatoms. The van der Waals surface area contributed by atoms with E-state index in [0.717, 1.165) is 55.2 Å². The van der Waals surface area contributed by atoms with Crippen LogP contribution in [0.3, 0.4) is 0 Å². The lowest BCUT2D eigenvalue weighted by atomic mass is 9.93. The first-order valence-corrected chi connectivity index (χ1v) is 13.7. The van der Waals surface area contributed by atoms with Gasteiger partial charge < -0.3 is 20.4 Å². The molecule has 0 saturated carbocycles. The fourth-order valence-electron chi connectivity index (χ4n) is 5.81. The molecule has 38 heavy (non-hydrogen) atoms. The number of fused-ring (bicyclic) bond motifs is 3. The number of aliphatic imine (C=N–C) groups is 1. The van der Waals surface area contributed by atoms with Gasteiger partial charge in [-0.2, -0.15) is 0 Å². The van der Waals surface area contributed by atoms with E-state index in [4.69, 9.17) is 16.6 Å². The number of benzene rings is 3. The van der Waals surface area contributed by atoms with E-state index in [1.807, 2.05) is 51.4 Å². The van der Waals surface area contributed by atoms with Crippen molar-refractivity contribution in [2.24, 2.45) is 4.99 Å². The number of nitrogens with zero attached hydrogens (tertiary/aromatic N) is 3. The van der Waals surface area contributed by atoms with Crippen LogP contribution in [0.4, 0.5) is 10.1 Å². The fraction of sp³-hybridized carbons (Fsp3) is 0.400. The summed E-state index contributed by atoms with van der Waals surface area (Å²) in [5, 5.41) is 8.52. The Hall–Kier alpha value is -3.00. The average Bonchev–Trinajstić information content (AvgIpc) is 3.22. The van der Waals surface area contributed by atoms with Crippen molar-refractivity contribution >= 4 is 40.3 Å². The van der Waals surface area contributed by atoms with Crippen molar-refractivity contribution in [1.82, 2.24) is 15.1 Å². The van der Waals surface area contributed by atoms with Crippen LogP contribution in [0.25, 0.3) is 21.9 Å². The minimum atomic E-state index is -0.547. The molecule has 2 unspecified atom stereocenters. The molecule has 0 radical (unpaired) electrons. The highest BCUT2D eigenvalue weighted by Crippen LogP contribution is 2.41. The maximum absolute atomic E-state index is 16.5. The fourth-order valence-corrected chi connectivity index (χ4v) is 6.10. The number of amidine groups is 1. The summed E-state index contributed by atoms with van der Waals surface area (Å²) in [6, 6.07) is 14.4. The molecule has 2 bridgehead atoms. The van der Waals surface area contributed by atoms with Crippen LogP contribution < -0.4 is 10.6 Å². The number of piperazine rings is 1. The molecule has 2 fully saturated rings. The van der Waals surface area contributed by atoms with E-state index >= 15 is 4.39 Å². The second-order valence-electron chi connectivity index (χ2n) is 10.7. The van der Waals surface area contributed by atoms with Crippen molar-refractivity contribution in [2.75, 3.05) is 45.6 Å². The Morgan fingerprint density at radius 2 is 1.95 bits per heavy atom. The molecule has 5 rings (SSSR count). The van der Waals surface area contributed by atoms with E-state index in [1.165, 1.54) is 0 Å². The number of nitrogens with one attached hydrogen (secondary N) is 2. The predicted molar refractivity (Wildman–Crippen MR) is 155 cm³/mol. The first-order chi connectivity index (χ1) is 18.4. The number of hydrogen-bond acceptors (Lipinski definition) is 4. The number of likely N-dealkylation sites (tertiary alicyclic amines) is 1. The van der Waals surface area contributed by atoms with Crippen molar-refractivity contribution in [3.8, 4) is 11.1 Å². The molecular formula is C30H35ClFN5O. The van der Waals surface area contributed by atoms with E-state index in [0.29, 0.717) is 47.0 Å². The number of carbonyl (C=O) groups is 1. The Bertz CT molecular complexity index is 1360. The maximum atomic E-state index is 16.5. The van der Waals surface area contributed by atoms with Crippen molar-refractivity contribution in [3.05, 3.63) is 64.4 Å². The van der Waals surface area contributed by atoms with Crippen LogP contribution in [-0.2, 0) is 4.79 Å². The Morgan fingerprint density at radius 3 is 2.66 bits per heavy atom. The van der Waals surface area contributed by atoms with Crippen LogP contribution in [0.2, 0.25) is 5.02 Å².